The standard InChI is InChI=1S/C11H19N3O6/c1-3-10(15)19-8(2)20-12-14(18)13-6-4-5-9(7-13)11(16)17/h8-9H,3-7H2,1-2H3,(H,16,17)/b14-12-. The quantitative estimate of drug-likeness (QED) is 0.254. The lowest BCUT2D eigenvalue weighted by atomic mass is 10.00. The van der Waals surface area contributed by atoms with Gasteiger partial charge in [-0.25, -0.2) is 0 Å². The number of carboxylic acid groups (broad SMARTS) is 1. The lowest BCUT2D eigenvalue weighted by molar-refractivity contribution is -0.715. The Morgan fingerprint density at radius 3 is 2.90 bits per heavy atom. The predicted molar refractivity (Wildman–Crippen MR) is 64.9 cm³/mol. The molecule has 0 aliphatic carbocycles. The van der Waals surface area contributed by atoms with E-state index in [9.17, 15) is 14.8 Å². The Morgan fingerprint density at radius 1 is 1.60 bits per heavy atom. The van der Waals surface area contributed by atoms with Crippen LogP contribution in [-0.2, 0) is 19.2 Å². The third-order valence-electron chi connectivity index (χ3n) is 2.84. The molecule has 1 aliphatic rings. The van der Waals surface area contributed by atoms with Gasteiger partial charge in [0.05, 0.1) is 24.0 Å². The van der Waals surface area contributed by atoms with Crippen LogP contribution in [0, 0.1) is 11.1 Å². The average molecular weight is 289 g/mol. The number of carboxylic acids is 1. The fourth-order valence-corrected chi connectivity index (χ4v) is 1.76. The highest BCUT2D eigenvalue weighted by Crippen LogP contribution is 2.16. The first-order valence-corrected chi connectivity index (χ1v) is 6.45. The van der Waals surface area contributed by atoms with Crippen molar-refractivity contribution in [3.63, 3.8) is 0 Å². The van der Waals surface area contributed by atoms with Gasteiger partial charge in [0.1, 0.15) is 0 Å². The van der Waals surface area contributed by atoms with Crippen molar-refractivity contribution in [2.24, 2.45) is 11.2 Å². The fraction of sp³-hybridized carbons (Fsp3) is 0.818. The zero-order valence-electron chi connectivity index (χ0n) is 11.5. The van der Waals surface area contributed by atoms with Gasteiger partial charge < -0.3 is 15.1 Å². The SMILES string of the molecule is CCC(=O)OC(C)O/N=[N+](\[O-])N1CCCC(C(=O)O)C1. The number of carbonyl (C=O) groups excluding carboxylic acids is 1. The maximum atomic E-state index is 11.6. The van der Waals surface area contributed by atoms with Gasteiger partial charge in [-0.2, -0.15) is 0 Å². The third-order valence-corrected chi connectivity index (χ3v) is 2.84. The molecule has 1 rings (SSSR count). The zero-order valence-corrected chi connectivity index (χ0v) is 11.5. The molecule has 0 spiro atoms. The van der Waals surface area contributed by atoms with Gasteiger partial charge in [-0.3, -0.25) is 14.4 Å². The molecule has 0 aromatic rings. The summed E-state index contributed by atoms with van der Waals surface area (Å²) in [6, 6.07) is 0. The van der Waals surface area contributed by atoms with Crippen LogP contribution >= 0.6 is 0 Å². The number of nitrogens with zero attached hydrogens (tertiary/aromatic N) is 3. The molecule has 114 valence electrons. The van der Waals surface area contributed by atoms with E-state index >= 15 is 0 Å². The van der Waals surface area contributed by atoms with Crippen LogP contribution in [-0.4, -0.2) is 46.4 Å². The molecule has 20 heavy (non-hydrogen) atoms. The van der Waals surface area contributed by atoms with Gasteiger partial charge in [0.15, 0.2) is 0 Å². The molecule has 0 amide bonds. The van der Waals surface area contributed by atoms with Crippen molar-refractivity contribution in [3.8, 4) is 0 Å². The molecule has 0 saturated carbocycles. The van der Waals surface area contributed by atoms with Crippen LogP contribution in [0.2, 0.25) is 0 Å². The minimum Gasteiger partial charge on any atom is -0.569 e. The molecular weight excluding hydrogens is 270 g/mol. The summed E-state index contributed by atoms with van der Waals surface area (Å²) >= 11 is 0. The van der Waals surface area contributed by atoms with Gasteiger partial charge in [-0.05, 0) is 12.8 Å². The van der Waals surface area contributed by atoms with Gasteiger partial charge in [-0.15, -0.1) is 5.01 Å². The average Bonchev–Trinajstić information content (AvgIpc) is 2.44. The second kappa shape index (κ2) is 7.51. The first-order valence-electron chi connectivity index (χ1n) is 6.45. The summed E-state index contributed by atoms with van der Waals surface area (Å²) in [5, 5.41) is 25.1. The van der Waals surface area contributed by atoms with Crippen LogP contribution in [0.5, 0.6) is 0 Å². The summed E-state index contributed by atoms with van der Waals surface area (Å²) in [4.78, 5) is 26.8. The molecule has 2 unspecified atom stereocenters. The van der Waals surface area contributed by atoms with Gasteiger partial charge in [0.2, 0.25) is 5.28 Å². The van der Waals surface area contributed by atoms with Crippen LogP contribution in [0.25, 0.3) is 0 Å². The van der Waals surface area contributed by atoms with E-state index in [4.69, 9.17) is 14.7 Å². The number of hydrogen-bond donors (Lipinski definition) is 1. The first kappa shape index (κ1) is 16.0. The van der Waals surface area contributed by atoms with Gasteiger partial charge >= 0.3 is 11.9 Å². The highest BCUT2D eigenvalue weighted by molar-refractivity contribution is 5.70. The summed E-state index contributed by atoms with van der Waals surface area (Å²) in [6.45, 7) is 3.55. The van der Waals surface area contributed by atoms with Crippen molar-refractivity contribution < 1.29 is 29.2 Å². The molecule has 1 fully saturated rings. The number of hydrogen-bond acceptors (Lipinski definition) is 6. The van der Waals surface area contributed by atoms with Crippen molar-refractivity contribution in [2.45, 2.75) is 39.4 Å². The Labute approximate surface area is 116 Å². The van der Waals surface area contributed by atoms with E-state index in [0.717, 1.165) is 0 Å². The van der Waals surface area contributed by atoms with E-state index in [-0.39, 0.29) is 17.9 Å². The molecule has 1 aliphatic heterocycles. The van der Waals surface area contributed by atoms with Gasteiger partial charge in [0.25, 0.3) is 6.29 Å². The normalized spacial score (nSPS) is 21.2. The van der Waals surface area contributed by atoms with Crippen LogP contribution < -0.4 is 0 Å². The van der Waals surface area contributed by atoms with Crippen LogP contribution in [0.4, 0.5) is 0 Å². The molecule has 0 aromatic heterocycles. The summed E-state index contributed by atoms with van der Waals surface area (Å²) in [6.07, 6.45) is 0.344. The van der Waals surface area contributed by atoms with Crippen LogP contribution in [0.15, 0.2) is 5.28 Å². The highest BCUT2D eigenvalue weighted by Gasteiger charge is 2.29. The van der Waals surface area contributed by atoms with Crippen LogP contribution in [0.1, 0.15) is 33.1 Å². The minimum atomic E-state index is -0.973. The number of ether oxygens (including phenoxy) is 1. The number of hydrazine groups is 1. The predicted octanol–water partition coefficient (Wildman–Crippen LogP) is 0.891. The summed E-state index contributed by atoms with van der Waals surface area (Å²) in [5.41, 5.74) is 0. The lowest BCUT2D eigenvalue weighted by Gasteiger charge is -2.26. The third kappa shape index (κ3) is 4.90. The van der Waals surface area contributed by atoms with E-state index in [2.05, 4.69) is 5.28 Å². The maximum Gasteiger partial charge on any atom is 0.308 e. The zero-order chi connectivity index (χ0) is 15.1. The van der Waals surface area contributed by atoms with E-state index in [1.54, 1.807) is 6.92 Å². The summed E-state index contributed by atoms with van der Waals surface area (Å²) in [7, 11) is 0. The molecule has 0 aromatic carbocycles. The smallest absolute Gasteiger partial charge is 0.308 e. The number of esters is 1. The molecule has 9 heteroatoms. The fourth-order valence-electron chi connectivity index (χ4n) is 1.76. The molecule has 1 heterocycles. The molecule has 1 saturated heterocycles. The number of carbonyl (C=O) groups is 2. The second-order valence-corrected chi connectivity index (χ2v) is 4.44. The van der Waals surface area contributed by atoms with Crippen molar-refractivity contribution in [2.75, 3.05) is 13.1 Å². The Morgan fingerprint density at radius 2 is 2.30 bits per heavy atom. The topological polar surface area (TPSA) is 114 Å². The molecule has 1 N–H and O–H groups in total. The van der Waals surface area contributed by atoms with Gasteiger partial charge in [0, 0.05) is 13.3 Å². The Balaban J connectivity index is 2.47. The van der Waals surface area contributed by atoms with Crippen LogP contribution in [0.3, 0.4) is 0 Å². The minimum absolute atomic E-state index is 0.0782. The van der Waals surface area contributed by atoms with E-state index < -0.39 is 24.1 Å². The van der Waals surface area contributed by atoms with E-state index in [0.29, 0.717) is 19.4 Å². The van der Waals surface area contributed by atoms with Crippen molar-refractivity contribution in [1.82, 2.24) is 5.01 Å². The molecular formula is C11H19N3O6. The highest BCUT2D eigenvalue weighted by atomic mass is 16.8. The summed E-state index contributed by atoms with van der Waals surface area (Å²) in [5.74, 6) is -1.99. The molecule has 0 bridgehead atoms. The monoisotopic (exact) mass is 289 g/mol. The van der Waals surface area contributed by atoms with Crippen molar-refractivity contribution in [3.05, 3.63) is 5.21 Å². The molecule has 2 atom stereocenters. The second-order valence-electron chi connectivity index (χ2n) is 4.44. The Kier molecular flexibility index (Phi) is 6.01. The number of piperidine rings is 1. The van der Waals surface area contributed by atoms with E-state index in [1.165, 1.54) is 11.9 Å². The maximum absolute atomic E-state index is 11.6. The number of rotatable bonds is 6. The van der Waals surface area contributed by atoms with Gasteiger partial charge in [-0.1, -0.05) is 6.92 Å². The largest absolute Gasteiger partial charge is 0.569 e. The summed E-state index contributed by atoms with van der Waals surface area (Å²) < 4.78 is 4.76. The van der Waals surface area contributed by atoms with Crippen molar-refractivity contribution in [1.29, 1.82) is 0 Å². The molecule has 0 radical (unpaired) electrons. The van der Waals surface area contributed by atoms with E-state index in [1.807, 2.05) is 0 Å². The van der Waals surface area contributed by atoms with Crippen molar-refractivity contribution >= 4 is 11.9 Å². The Hall–Kier alpha value is -2.06. The first-order chi connectivity index (χ1) is 9.43. The molecule has 9 nitrogen and oxygen atoms in total. The lowest BCUT2D eigenvalue weighted by Crippen LogP contribution is -2.42. The Bertz CT molecular complexity index is 386. The number of aliphatic carboxylic acids is 1.